The first-order chi connectivity index (χ1) is 6.95. The van der Waals surface area contributed by atoms with Crippen molar-refractivity contribution in [1.29, 1.82) is 0 Å². The molecule has 0 bridgehead atoms. The maximum absolute atomic E-state index is 10.1. The van der Waals surface area contributed by atoms with Crippen molar-refractivity contribution >= 4 is 21.5 Å². The Morgan fingerprint density at radius 2 is 2.00 bits per heavy atom. The summed E-state index contributed by atoms with van der Waals surface area (Å²) in [6.07, 6.45) is -0.436. The number of hydrogen-bond acceptors (Lipinski definition) is 1. The molecule has 0 spiro atoms. The van der Waals surface area contributed by atoms with Crippen molar-refractivity contribution in [3.63, 3.8) is 0 Å². The van der Waals surface area contributed by atoms with E-state index in [2.05, 4.69) is 22.5 Å². The van der Waals surface area contributed by atoms with E-state index in [9.17, 15) is 5.11 Å². The highest BCUT2D eigenvalue weighted by Gasteiger charge is 2.17. The van der Waals surface area contributed by atoms with E-state index < -0.39 is 6.10 Å². The molecule has 1 aromatic carbocycles. The van der Waals surface area contributed by atoms with Crippen molar-refractivity contribution in [1.82, 2.24) is 0 Å². The van der Waals surface area contributed by atoms with E-state index in [1.165, 1.54) is 0 Å². The highest BCUT2D eigenvalue weighted by molar-refractivity contribution is 9.10. The van der Waals surface area contributed by atoms with Crippen molar-refractivity contribution in [2.75, 3.05) is 0 Å². The van der Waals surface area contributed by atoms with Gasteiger partial charge in [-0.2, -0.15) is 0 Å². The largest absolute Gasteiger partial charge is 0.388 e. The molecule has 1 rings (SSSR count). The fourth-order valence-corrected chi connectivity index (χ4v) is 2.32. The van der Waals surface area contributed by atoms with Gasteiger partial charge in [-0.25, -0.2) is 0 Å². The minimum absolute atomic E-state index is 0.206. The van der Waals surface area contributed by atoms with Gasteiger partial charge in [0.2, 0.25) is 0 Å². The normalized spacial score (nSPS) is 12.9. The monoisotopic (exact) mass is 268 g/mol. The first-order valence-electron chi connectivity index (χ1n) is 5.07. The van der Waals surface area contributed by atoms with Crippen molar-refractivity contribution in [3.05, 3.63) is 40.4 Å². The summed E-state index contributed by atoms with van der Waals surface area (Å²) in [4.78, 5) is 0. The Morgan fingerprint density at radius 3 is 2.47 bits per heavy atom. The summed E-state index contributed by atoms with van der Waals surface area (Å²) in [6.45, 7) is 9.92. The van der Waals surface area contributed by atoms with E-state index in [1.54, 1.807) is 0 Å². The Morgan fingerprint density at radius 1 is 1.40 bits per heavy atom. The Hall–Kier alpha value is -0.600. The molecule has 0 aromatic heterocycles. The zero-order chi connectivity index (χ0) is 11.6. The molecule has 0 saturated carbocycles. The number of allylic oxidation sites excluding steroid dienone is 1. The third-order valence-electron chi connectivity index (χ3n) is 2.42. The lowest BCUT2D eigenvalue weighted by Crippen LogP contribution is -2.08. The van der Waals surface area contributed by atoms with Crippen LogP contribution in [-0.4, -0.2) is 5.11 Å². The van der Waals surface area contributed by atoms with E-state index in [-0.39, 0.29) is 5.92 Å². The van der Waals surface area contributed by atoms with Gasteiger partial charge in [-0.1, -0.05) is 48.5 Å². The lowest BCUT2D eigenvalue weighted by atomic mass is 9.92. The van der Waals surface area contributed by atoms with Crippen LogP contribution in [0.3, 0.4) is 0 Å². The van der Waals surface area contributed by atoms with Crippen molar-refractivity contribution in [2.45, 2.75) is 26.9 Å². The van der Waals surface area contributed by atoms with Crippen LogP contribution in [0.25, 0.3) is 5.57 Å². The summed E-state index contributed by atoms with van der Waals surface area (Å²) >= 11 is 3.49. The summed E-state index contributed by atoms with van der Waals surface area (Å²) in [5.41, 5.74) is 2.95. The smallest absolute Gasteiger partial charge is 0.0819 e. The molecule has 0 aliphatic carbocycles. The maximum Gasteiger partial charge on any atom is 0.0819 e. The molecule has 1 N–H and O–H groups in total. The van der Waals surface area contributed by atoms with Crippen LogP contribution in [0.5, 0.6) is 0 Å². The summed E-state index contributed by atoms with van der Waals surface area (Å²) in [5.74, 6) is 0.206. The molecule has 0 saturated heterocycles. The third kappa shape index (κ3) is 2.70. The molecule has 2 heteroatoms. The standard InChI is InChI=1S/C13H17BrO/c1-8(2)12-10(13(15)9(3)4)6-5-7-11(12)14/h5-7,9,13,15H,1H2,2-4H3. The Labute approximate surface area is 100.0 Å². The van der Waals surface area contributed by atoms with Gasteiger partial charge < -0.3 is 5.11 Å². The predicted molar refractivity (Wildman–Crippen MR) is 68.6 cm³/mol. The average molecular weight is 269 g/mol. The average Bonchev–Trinajstić information content (AvgIpc) is 2.15. The first kappa shape index (κ1) is 12.5. The number of aliphatic hydroxyl groups is 1. The van der Waals surface area contributed by atoms with E-state index in [0.717, 1.165) is 21.2 Å². The summed E-state index contributed by atoms with van der Waals surface area (Å²) < 4.78 is 0.993. The van der Waals surface area contributed by atoms with Gasteiger partial charge in [0, 0.05) is 4.47 Å². The van der Waals surface area contributed by atoms with E-state index in [4.69, 9.17) is 0 Å². The van der Waals surface area contributed by atoms with Crippen molar-refractivity contribution in [3.8, 4) is 0 Å². The van der Waals surface area contributed by atoms with Crippen LogP contribution in [0.4, 0.5) is 0 Å². The molecule has 1 unspecified atom stereocenters. The number of hydrogen-bond donors (Lipinski definition) is 1. The second-order valence-electron chi connectivity index (χ2n) is 4.17. The lowest BCUT2D eigenvalue weighted by Gasteiger charge is -2.19. The van der Waals surface area contributed by atoms with Gasteiger partial charge in [0.15, 0.2) is 0 Å². The van der Waals surface area contributed by atoms with Crippen molar-refractivity contribution < 1.29 is 5.11 Å². The minimum Gasteiger partial charge on any atom is -0.388 e. The fourth-order valence-electron chi connectivity index (χ4n) is 1.60. The third-order valence-corrected chi connectivity index (χ3v) is 3.08. The van der Waals surface area contributed by atoms with Crippen LogP contribution >= 0.6 is 15.9 Å². The topological polar surface area (TPSA) is 20.2 Å². The molecule has 0 aliphatic rings. The van der Waals surface area contributed by atoms with E-state index >= 15 is 0 Å². The Bertz CT molecular complexity index is 369. The molecule has 15 heavy (non-hydrogen) atoms. The van der Waals surface area contributed by atoms with Gasteiger partial charge >= 0.3 is 0 Å². The van der Waals surface area contributed by atoms with Crippen LogP contribution in [0.2, 0.25) is 0 Å². The Kier molecular flexibility index (Phi) is 4.12. The summed E-state index contributed by atoms with van der Waals surface area (Å²) in [5, 5.41) is 10.1. The number of aliphatic hydroxyl groups excluding tert-OH is 1. The molecule has 0 heterocycles. The van der Waals surface area contributed by atoms with Gasteiger partial charge in [-0.15, -0.1) is 0 Å². The van der Waals surface area contributed by atoms with Gasteiger partial charge in [-0.3, -0.25) is 0 Å². The second kappa shape index (κ2) is 4.95. The van der Waals surface area contributed by atoms with Crippen LogP contribution in [0, 0.1) is 5.92 Å². The molecule has 1 nitrogen and oxygen atoms in total. The van der Waals surface area contributed by atoms with E-state index in [1.807, 2.05) is 39.0 Å². The van der Waals surface area contributed by atoms with Crippen LogP contribution < -0.4 is 0 Å². The van der Waals surface area contributed by atoms with Gasteiger partial charge in [0.1, 0.15) is 0 Å². The highest BCUT2D eigenvalue weighted by atomic mass is 79.9. The zero-order valence-corrected chi connectivity index (χ0v) is 11.0. The summed E-state index contributed by atoms with van der Waals surface area (Å²) in [6, 6.07) is 5.87. The van der Waals surface area contributed by atoms with Crippen LogP contribution in [0.1, 0.15) is 38.0 Å². The zero-order valence-electron chi connectivity index (χ0n) is 9.42. The van der Waals surface area contributed by atoms with Crippen LogP contribution in [0.15, 0.2) is 29.3 Å². The maximum atomic E-state index is 10.1. The van der Waals surface area contributed by atoms with E-state index in [0.29, 0.717) is 0 Å². The molecule has 82 valence electrons. The first-order valence-corrected chi connectivity index (χ1v) is 5.86. The molecule has 0 radical (unpaired) electrons. The van der Waals surface area contributed by atoms with Gasteiger partial charge in [0.25, 0.3) is 0 Å². The molecular formula is C13H17BrO. The van der Waals surface area contributed by atoms with Gasteiger partial charge in [0.05, 0.1) is 6.10 Å². The number of halogens is 1. The molecule has 0 fully saturated rings. The molecule has 0 aliphatic heterocycles. The van der Waals surface area contributed by atoms with Crippen LogP contribution in [-0.2, 0) is 0 Å². The second-order valence-corrected chi connectivity index (χ2v) is 5.03. The fraction of sp³-hybridized carbons (Fsp3) is 0.385. The summed E-state index contributed by atoms with van der Waals surface area (Å²) in [7, 11) is 0. The SMILES string of the molecule is C=C(C)c1c(Br)cccc1C(O)C(C)C. The lowest BCUT2D eigenvalue weighted by molar-refractivity contribution is 0.126. The number of rotatable bonds is 3. The molecule has 1 atom stereocenters. The predicted octanol–water partition coefficient (Wildman–Crippen LogP) is 4.17. The number of benzene rings is 1. The Balaban J connectivity index is 3.29. The van der Waals surface area contributed by atoms with Crippen molar-refractivity contribution in [2.24, 2.45) is 5.92 Å². The molecule has 1 aromatic rings. The highest BCUT2D eigenvalue weighted by Crippen LogP contribution is 2.33. The minimum atomic E-state index is -0.436. The molecule has 0 amide bonds. The molecular weight excluding hydrogens is 252 g/mol. The van der Waals surface area contributed by atoms with Gasteiger partial charge in [-0.05, 0) is 35.6 Å². The quantitative estimate of drug-likeness (QED) is 0.873.